The molecule has 140 valence electrons. The van der Waals surface area contributed by atoms with E-state index in [-0.39, 0.29) is 0 Å². The molecular formula is C20H24N6O. The van der Waals surface area contributed by atoms with Crippen molar-refractivity contribution in [3.8, 4) is 11.6 Å². The molecule has 3 heterocycles. The molecule has 0 fully saturated rings. The van der Waals surface area contributed by atoms with Gasteiger partial charge >= 0.3 is 0 Å². The van der Waals surface area contributed by atoms with Gasteiger partial charge in [-0.1, -0.05) is 12.1 Å². The van der Waals surface area contributed by atoms with Crippen LogP contribution >= 0.6 is 0 Å². The summed E-state index contributed by atoms with van der Waals surface area (Å²) in [6.45, 7) is 5.65. The molecule has 1 aromatic carbocycles. The van der Waals surface area contributed by atoms with Crippen LogP contribution in [0.15, 0.2) is 47.1 Å². The summed E-state index contributed by atoms with van der Waals surface area (Å²) in [5.41, 5.74) is 2.06. The van der Waals surface area contributed by atoms with Crippen molar-refractivity contribution in [3.05, 3.63) is 54.3 Å². The Labute approximate surface area is 158 Å². The normalized spacial score (nSPS) is 11.9. The van der Waals surface area contributed by atoms with Gasteiger partial charge in [0.1, 0.15) is 17.9 Å². The van der Waals surface area contributed by atoms with Crippen molar-refractivity contribution in [2.75, 3.05) is 7.05 Å². The van der Waals surface area contributed by atoms with E-state index in [4.69, 9.17) is 9.40 Å². The molecule has 0 atom stereocenters. The summed E-state index contributed by atoms with van der Waals surface area (Å²) >= 11 is 0. The van der Waals surface area contributed by atoms with E-state index >= 15 is 0 Å². The van der Waals surface area contributed by atoms with Gasteiger partial charge in [0, 0.05) is 13.1 Å². The summed E-state index contributed by atoms with van der Waals surface area (Å²) < 4.78 is 10.2. The number of nitrogens with zero attached hydrogens (tertiary/aromatic N) is 6. The van der Waals surface area contributed by atoms with Gasteiger partial charge in [0.15, 0.2) is 11.6 Å². The Morgan fingerprint density at radius 3 is 2.70 bits per heavy atom. The Hall–Kier alpha value is -2.93. The Balaban J connectivity index is 1.50. The second-order valence-corrected chi connectivity index (χ2v) is 7.17. The zero-order chi connectivity index (χ0) is 19.0. The fourth-order valence-electron chi connectivity index (χ4n) is 3.32. The quantitative estimate of drug-likeness (QED) is 0.523. The molecule has 0 bridgehead atoms. The third-order valence-corrected chi connectivity index (χ3v) is 4.71. The molecule has 3 aromatic heterocycles. The smallest absolute Gasteiger partial charge is 0.176 e. The van der Waals surface area contributed by atoms with Crippen LogP contribution in [0.25, 0.3) is 22.6 Å². The SMILES string of the molecule is CC(C)n1cnnc1CN(C)Cc1ccc(-c2nc3ccccc3n2C)o1. The summed E-state index contributed by atoms with van der Waals surface area (Å²) in [5.74, 6) is 3.47. The highest BCUT2D eigenvalue weighted by Gasteiger charge is 2.15. The molecule has 0 saturated heterocycles. The molecule has 4 rings (SSSR count). The Morgan fingerprint density at radius 2 is 1.93 bits per heavy atom. The van der Waals surface area contributed by atoms with Gasteiger partial charge in [-0.15, -0.1) is 10.2 Å². The van der Waals surface area contributed by atoms with E-state index in [0.29, 0.717) is 19.1 Å². The third-order valence-electron chi connectivity index (χ3n) is 4.71. The number of furan rings is 1. The number of aromatic nitrogens is 5. The summed E-state index contributed by atoms with van der Waals surface area (Å²) in [5, 5.41) is 8.26. The topological polar surface area (TPSA) is 64.9 Å². The number of hydrogen-bond acceptors (Lipinski definition) is 5. The second kappa shape index (κ2) is 7.00. The van der Waals surface area contributed by atoms with Crippen LogP contribution in [-0.4, -0.2) is 36.3 Å². The first kappa shape index (κ1) is 17.5. The van der Waals surface area contributed by atoms with Crippen molar-refractivity contribution in [1.82, 2.24) is 29.2 Å². The largest absolute Gasteiger partial charge is 0.456 e. The molecule has 0 amide bonds. The van der Waals surface area contributed by atoms with Gasteiger partial charge in [-0.25, -0.2) is 4.98 Å². The Morgan fingerprint density at radius 1 is 1.11 bits per heavy atom. The van der Waals surface area contributed by atoms with Crippen molar-refractivity contribution in [2.24, 2.45) is 7.05 Å². The van der Waals surface area contributed by atoms with Gasteiger partial charge in [-0.05, 0) is 45.2 Å². The summed E-state index contributed by atoms with van der Waals surface area (Å²) in [6.07, 6.45) is 1.78. The maximum atomic E-state index is 6.08. The lowest BCUT2D eigenvalue weighted by molar-refractivity contribution is 0.276. The lowest BCUT2D eigenvalue weighted by Gasteiger charge is -2.16. The second-order valence-electron chi connectivity index (χ2n) is 7.17. The number of imidazole rings is 1. The number of fused-ring (bicyclic) bond motifs is 1. The van der Waals surface area contributed by atoms with E-state index in [1.165, 1.54) is 0 Å². The van der Waals surface area contributed by atoms with Crippen LogP contribution < -0.4 is 0 Å². The first-order chi connectivity index (χ1) is 13.0. The molecular weight excluding hydrogens is 340 g/mol. The van der Waals surface area contributed by atoms with Gasteiger partial charge in [0.25, 0.3) is 0 Å². The highest BCUT2D eigenvalue weighted by Crippen LogP contribution is 2.25. The fraction of sp³-hybridized carbons (Fsp3) is 0.350. The van der Waals surface area contributed by atoms with Crippen molar-refractivity contribution >= 4 is 11.0 Å². The maximum absolute atomic E-state index is 6.08. The molecule has 0 N–H and O–H groups in total. The molecule has 0 spiro atoms. The molecule has 4 aromatic rings. The summed E-state index contributed by atoms with van der Waals surface area (Å²) in [7, 11) is 4.06. The van der Waals surface area contributed by atoms with Crippen molar-refractivity contribution in [3.63, 3.8) is 0 Å². The molecule has 0 unspecified atom stereocenters. The molecule has 0 radical (unpaired) electrons. The molecule has 0 saturated carbocycles. The minimum absolute atomic E-state index is 0.344. The molecule has 27 heavy (non-hydrogen) atoms. The summed E-state index contributed by atoms with van der Waals surface area (Å²) in [6, 6.07) is 12.4. The monoisotopic (exact) mass is 364 g/mol. The van der Waals surface area contributed by atoms with Crippen LogP contribution in [-0.2, 0) is 20.1 Å². The van der Waals surface area contributed by atoms with E-state index in [2.05, 4.69) is 51.2 Å². The minimum atomic E-state index is 0.344. The first-order valence-corrected chi connectivity index (χ1v) is 9.10. The fourth-order valence-corrected chi connectivity index (χ4v) is 3.32. The van der Waals surface area contributed by atoms with Crippen molar-refractivity contribution in [1.29, 1.82) is 0 Å². The molecule has 0 aliphatic heterocycles. The van der Waals surface area contributed by atoms with Gasteiger partial charge in [-0.2, -0.15) is 0 Å². The van der Waals surface area contributed by atoms with Gasteiger partial charge in [0.05, 0.1) is 24.1 Å². The third kappa shape index (κ3) is 3.38. The summed E-state index contributed by atoms with van der Waals surface area (Å²) in [4.78, 5) is 6.87. The van der Waals surface area contributed by atoms with Crippen LogP contribution in [0, 0.1) is 0 Å². The first-order valence-electron chi connectivity index (χ1n) is 9.10. The standard InChI is InChI=1S/C20H24N6O/c1-14(2)26-13-21-23-19(26)12-24(3)11-15-9-10-18(27-15)20-22-16-7-5-6-8-17(16)25(20)4/h5-10,13-14H,11-12H2,1-4H3. The number of benzene rings is 1. The van der Waals surface area contributed by atoms with Gasteiger partial charge in [0.2, 0.25) is 0 Å². The van der Waals surface area contributed by atoms with Crippen molar-refractivity contribution in [2.45, 2.75) is 33.0 Å². The van der Waals surface area contributed by atoms with Crippen LogP contribution in [0.4, 0.5) is 0 Å². The average molecular weight is 364 g/mol. The van der Waals surface area contributed by atoms with Gasteiger partial charge < -0.3 is 13.6 Å². The lowest BCUT2D eigenvalue weighted by atomic mass is 10.3. The number of rotatable bonds is 6. The Bertz CT molecular complexity index is 1060. The van der Waals surface area contributed by atoms with Crippen molar-refractivity contribution < 1.29 is 4.42 Å². The molecule has 7 heteroatoms. The molecule has 0 aliphatic carbocycles. The van der Waals surface area contributed by atoms with Crippen LogP contribution in [0.3, 0.4) is 0 Å². The number of para-hydroxylation sites is 2. The molecule has 0 aliphatic rings. The average Bonchev–Trinajstić information content (AvgIpc) is 3.35. The minimum Gasteiger partial charge on any atom is -0.456 e. The van der Waals surface area contributed by atoms with Crippen LogP contribution in [0.5, 0.6) is 0 Å². The lowest BCUT2D eigenvalue weighted by Crippen LogP contribution is -2.20. The maximum Gasteiger partial charge on any atom is 0.176 e. The molecule has 7 nitrogen and oxygen atoms in total. The number of hydrogen-bond donors (Lipinski definition) is 0. The van der Waals surface area contributed by atoms with Crippen LogP contribution in [0.1, 0.15) is 31.5 Å². The predicted octanol–water partition coefficient (Wildman–Crippen LogP) is 3.64. The highest BCUT2D eigenvalue weighted by molar-refractivity contribution is 5.79. The van der Waals surface area contributed by atoms with E-state index in [0.717, 1.165) is 34.2 Å². The van der Waals surface area contributed by atoms with E-state index in [9.17, 15) is 0 Å². The van der Waals surface area contributed by atoms with E-state index in [1.54, 1.807) is 6.33 Å². The number of aryl methyl sites for hydroxylation is 1. The van der Waals surface area contributed by atoms with Gasteiger partial charge in [-0.3, -0.25) is 4.90 Å². The zero-order valence-corrected chi connectivity index (χ0v) is 16.1. The highest BCUT2D eigenvalue weighted by atomic mass is 16.3. The predicted molar refractivity (Wildman–Crippen MR) is 104 cm³/mol. The zero-order valence-electron chi connectivity index (χ0n) is 16.1. The van der Waals surface area contributed by atoms with E-state index in [1.807, 2.05) is 37.4 Å². The van der Waals surface area contributed by atoms with E-state index < -0.39 is 0 Å². The van der Waals surface area contributed by atoms with Crippen LogP contribution in [0.2, 0.25) is 0 Å². The Kier molecular flexibility index (Phi) is 4.53.